The van der Waals surface area contributed by atoms with Gasteiger partial charge in [0.25, 0.3) is 0 Å². The second kappa shape index (κ2) is 7.33. The van der Waals surface area contributed by atoms with Gasteiger partial charge in [-0.1, -0.05) is 0 Å². The molecule has 15 heavy (non-hydrogen) atoms. The maximum absolute atomic E-state index is 4.49. The molecular weight excluding hydrogens is 244 g/mol. The van der Waals surface area contributed by atoms with Crippen molar-refractivity contribution >= 4 is 32.7 Å². The van der Waals surface area contributed by atoms with Crippen LogP contribution in [-0.2, 0) is 0 Å². The highest BCUT2D eigenvalue weighted by Gasteiger charge is 2.07. The molecule has 0 aromatic heterocycles. The van der Waals surface area contributed by atoms with Crippen LogP contribution in [-0.4, -0.2) is 42.6 Å². The van der Waals surface area contributed by atoms with E-state index in [9.17, 15) is 0 Å². The van der Waals surface area contributed by atoms with E-state index in [-0.39, 0.29) is 5.54 Å². The van der Waals surface area contributed by atoms with Gasteiger partial charge in [0.1, 0.15) is 0 Å². The third-order valence-corrected chi connectivity index (χ3v) is 3.89. The zero-order valence-electron chi connectivity index (χ0n) is 10.6. The molecule has 0 heterocycles. The van der Waals surface area contributed by atoms with E-state index in [1.54, 1.807) is 0 Å². The molecule has 0 aliphatic carbocycles. The Morgan fingerprint density at radius 1 is 1.13 bits per heavy atom. The van der Waals surface area contributed by atoms with Gasteiger partial charge in [-0.05, 0) is 33.3 Å². The Morgan fingerprint density at radius 3 is 2.13 bits per heavy atom. The molecule has 0 spiro atoms. The number of thioether (sulfide) groups is 1. The monoisotopic (exact) mass is 270 g/mol. The van der Waals surface area contributed by atoms with Crippen molar-refractivity contribution in [1.82, 2.24) is 10.0 Å². The fourth-order valence-electron chi connectivity index (χ4n) is 0.964. The topological polar surface area (TPSA) is 24.1 Å². The summed E-state index contributed by atoms with van der Waals surface area (Å²) in [5, 5.41) is 3.48. The normalized spacial score (nSPS) is 14.3. The molecule has 0 amide bonds. The van der Waals surface area contributed by atoms with Gasteiger partial charge in [-0.3, -0.25) is 4.72 Å². The molecule has 0 rings (SSSR count). The van der Waals surface area contributed by atoms with Crippen molar-refractivity contribution in [2.45, 2.75) is 26.3 Å². The summed E-state index contributed by atoms with van der Waals surface area (Å²) in [5.74, 6) is 2.35. The minimum atomic E-state index is -0.825. The molecule has 0 aliphatic rings. The van der Waals surface area contributed by atoms with Crippen LogP contribution in [0.4, 0.5) is 0 Å². The Bertz CT molecular complexity index is 143. The number of hydrogen-bond donors (Lipinski definition) is 3. The Kier molecular flexibility index (Phi) is 7.80. The van der Waals surface area contributed by atoms with Gasteiger partial charge in [-0.2, -0.15) is 11.8 Å². The van der Waals surface area contributed by atoms with E-state index in [0.29, 0.717) is 0 Å². The van der Waals surface area contributed by atoms with Crippen LogP contribution in [0.2, 0.25) is 0 Å². The van der Waals surface area contributed by atoms with Gasteiger partial charge in [0.15, 0.2) is 0 Å². The molecule has 0 aliphatic heterocycles. The first-order valence-corrected chi connectivity index (χ1v) is 9.89. The Hall–Kier alpha value is 0.970. The third-order valence-electron chi connectivity index (χ3n) is 1.60. The summed E-state index contributed by atoms with van der Waals surface area (Å²) in [7, 11) is -0.825. The first-order chi connectivity index (χ1) is 6.71. The van der Waals surface area contributed by atoms with Gasteiger partial charge in [0.2, 0.25) is 0 Å². The summed E-state index contributed by atoms with van der Waals surface area (Å²) >= 11 is 6.48. The molecule has 0 saturated carbocycles. The number of thiol groups is 1. The fourth-order valence-corrected chi connectivity index (χ4v) is 2.67. The second-order valence-electron chi connectivity index (χ2n) is 4.96. The van der Waals surface area contributed by atoms with E-state index in [1.807, 2.05) is 11.8 Å². The second-order valence-corrected chi connectivity index (χ2v) is 11.8. The van der Waals surface area contributed by atoms with Crippen molar-refractivity contribution in [3.63, 3.8) is 0 Å². The summed E-state index contributed by atoms with van der Waals surface area (Å²) in [6, 6.07) is 0. The molecule has 0 atom stereocenters. The molecule has 0 aromatic carbocycles. The highest BCUT2D eigenvalue weighted by atomic mass is 33.1. The van der Waals surface area contributed by atoms with E-state index in [1.165, 1.54) is 11.5 Å². The predicted octanol–water partition coefficient (Wildman–Crippen LogP) is 2.52. The summed E-state index contributed by atoms with van der Waals surface area (Å²) in [5.41, 5.74) is 0.246. The van der Waals surface area contributed by atoms with Crippen molar-refractivity contribution in [3.8, 4) is 0 Å². The number of rotatable bonds is 7. The molecule has 0 radical (unpaired) electrons. The lowest BCUT2D eigenvalue weighted by Crippen LogP contribution is -2.37. The lowest BCUT2D eigenvalue weighted by Gasteiger charge is -2.25. The van der Waals surface area contributed by atoms with Gasteiger partial charge in [-0.25, -0.2) is 0 Å². The Morgan fingerprint density at radius 2 is 1.67 bits per heavy atom. The molecule has 5 heteroatoms. The zero-order valence-corrected chi connectivity index (χ0v) is 13.1. The van der Waals surface area contributed by atoms with Crippen molar-refractivity contribution in [3.05, 3.63) is 0 Å². The summed E-state index contributed by atoms with van der Waals surface area (Å²) in [6.07, 6.45) is 4.31. The molecule has 2 nitrogen and oxygen atoms in total. The molecule has 0 fully saturated rings. The maximum atomic E-state index is 4.49. The van der Waals surface area contributed by atoms with Crippen LogP contribution in [0.5, 0.6) is 0 Å². The van der Waals surface area contributed by atoms with Crippen molar-refractivity contribution in [1.29, 1.82) is 0 Å². The van der Waals surface area contributed by atoms with E-state index < -0.39 is 9.25 Å². The molecule has 0 bridgehead atoms. The number of nitrogens with one attached hydrogen (secondary N) is 2. The van der Waals surface area contributed by atoms with Crippen molar-refractivity contribution in [2.75, 3.05) is 37.1 Å². The SMILES string of the molecule is CC(C)(C)NCCSCCNS(C)(C)S. The van der Waals surface area contributed by atoms with Gasteiger partial charge >= 0.3 is 0 Å². The average molecular weight is 271 g/mol. The molecular formula is C10H26N2S3. The highest BCUT2D eigenvalue weighted by molar-refractivity contribution is 8.86. The Balaban J connectivity index is 3.20. The van der Waals surface area contributed by atoms with Crippen molar-refractivity contribution in [2.24, 2.45) is 0 Å². The van der Waals surface area contributed by atoms with E-state index >= 15 is 0 Å². The first-order valence-electron chi connectivity index (χ1n) is 5.24. The predicted molar refractivity (Wildman–Crippen MR) is 81.5 cm³/mol. The van der Waals surface area contributed by atoms with Crippen LogP contribution < -0.4 is 10.0 Å². The van der Waals surface area contributed by atoms with Crippen LogP contribution in [0.25, 0.3) is 0 Å². The van der Waals surface area contributed by atoms with Crippen LogP contribution >= 0.6 is 32.7 Å². The molecule has 2 N–H and O–H groups in total. The summed E-state index contributed by atoms with van der Waals surface area (Å²) in [4.78, 5) is 0. The zero-order chi connectivity index (χ0) is 11.9. The third kappa shape index (κ3) is 15.0. The lowest BCUT2D eigenvalue weighted by atomic mass is 10.1. The summed E-state index contributed by atoms with van der Waals surface area (Å²) in [6.45, 7) is 8.75. The Labute approximate surface area is 106 Å². The van der Waals surface area contributed by atoms with Crippen LogP contribution in [0.3, 0.4) is 0 Å². The lowest BCUT2D eigenvalue weighted by molar-refractivity contribution is 0.441. The standard InChI is InChI=1S/C10H26N2S3/c1-10(2,3)11-6-8-14-9-7-12-15(4,5)13/h11-13H,6-9H2,1-5H3. The van der Waals surface area contributed by atoms with Gasteiger partial charge in [0.05, 0.1) is 0 Å². The highest BCUT2D eigenvalue weighted by Crippen LogP contribution is 2.39. The number of hydrogen-bond acceptors (Lipinski definition) is 4. The molecule has 0 saturated heterocycles. The summed E-state index contributed by atoms with van der Waals surface area (Å²) < 4.78 is 3.44. The maximum Gasteiger partial charge on any atom is 0.0142 e. The van der Waals surface area contributed by atoms with E-state index in [2.05, 4.69) is 55.0 Å². The van der Waals surface area contributed by atoms with E-state index in [4.69, 9.17) is 0 Å². The van der Waals surface area contributed by atoms with Crippen LogP contribution in [0.1, 0.15) is 20.8 Å². The smallest absolute Gasteiger partial charge is 0.0142 e. The van der Waals surface area contributed by atoms with Crippen LogP contribution in [0, 0.1) is 0 Å². The molecule has 0 unspecified atom stereocenters. The molecule has 0 aromatic rings. The molecule has 94 valence electrons. The largest absolute Gasteiger partial charge is 0.311 e. The quantitative estimate of drug-likeness (QED) is 0.376. The van der Waals surface area contributed by atoms with Crippen LogP contribution in [0.15, 0.2) is 0 Å². The minimum Gasteiger partial charge on any atom is -0.311 e. The fraction of sp³-hybridized carbons (Fsp3) is 1.00. The average Bonchev–Trinajstić information content (AvgIpc) is 1.98. The van der Waals surface area contributed by atoms with Crippen molar-refractivity contribution < 1.29 is 0 Å². The van der Waals surface area contributed by atoms with Gasteiger partial charge in [0, 0.05) is 30.1 Å². The van der Waals surface area contributed by atoms with Gasteiger partial charge in [-0.15, -0.1) is 20.9 Å². The first kappa shape index (κ1) is 16.0. The minimum absolute atomic E-state index is 0.246. The van der Waals surface area contributed by atoms with Gasteiger partial charge < -0.3 is 5.32 Å². The van der Waals surface area contributed by atoms with E-state index in [0.717, 1.165) is 13.1 Å².